The van der Waals surface area contributed by atoms with Crippen molar-refractivity contribution in [2.24, 2.45) is 5.73 Å². The van der Waals surface area contributed by atoms with Crippen LogP contribution in [-0.2, 0) is 14.4 Å². The van der Waals surface area contributed by atoms with Gasteiger partial charge in [-0.3, -0.25) is 18.9 Å². The molecular weight excluding hydrogens is 488 g/mol. The van der Waals surface area contributed by atoms with E-state index in [1.807, 2.05) is 28.8 Å². The van der Waals surface area contributed by atoms with Crippen LogP contribution in [0.15, 0.2) is 52.0 Å². The molecule has 4 N–H and O–H groups in total. The highest BCUT2D eigenvalue weighted by Crippen LogP contribution is 2.41. The Hall–Kier alpha value is -2.83. The van der Waals surface area contributed by atoms with Gasteiger partial charge in [-0.1, -0.05) is 29.0 Å². The highest BCUT2D eigenvalue weighted by molar-refractivity contribution is 8.01. The van der Waals surface area contributed by atoms with Crippen molar-refractivity contribution in [2.45, 2.75) is 48.7 Å². The van der Waals surface area contributed by atoms with Gasteiger partial charge in [0.05, 0.1) is 0 Å². The van der Waals surface area contributed by atoms with Gasteiger partial charge in [0.15, 0.2) is 10.8 Å². The summed E-state index contributed by atoms with van der Waals surface area (Å²) in [5.74, 6) is -0.926. The number of aromatic nitrogens is 3. The molecule has 3 aliphatic rings. The standard InChI is InChI=1S/C23H26N6O4S2/c24-10-14-6-2-1-5-13(14)9-17(30)25-18-20(31)29-19(22(32)33)15(11-34-21(18)29)12-35-23-27-26-16-7-3-4-8-28(16)23/h3-4,7-8,18,21H,1-2,5-6,9-12,24H2,(H,25,30)(H,32,33)/t18?,21-/m1/s1. The zero-order chi connectivity index (χ0) is 24.5. The Morgan fingerprint density at radius 3 is 2.77 bits per heavy atom. The van der Waals surface area contributed by atoms with E-state index >= 15 is 0 Å². The summed E-state index contributed by atoms with van der Waals surface area (Å²) in [7, 11) is 0. The Morgan fingerprint density at radius 1 is 1.20 bits per heavy atom. The Bertz CT molecular complexity index is 1260. The summed E-state index contributed by atoms with van der Waals surface area (Å²) in [5.41, 5.74) is 9.40. The SMILES string of the molecule is NCC1=C(CC(=O)NC2C(=O)N3C(C(=O)O)=C(CSc4nnc5ccccn45)CS[C@H]23)CCCC1. The summed E-state index contributed by atoms with van der Waals surface area (Å²) >= 11 is 2.85. The molecule has 1 unspecified atom stereocenters. The minimum absolute atomic E-state index is 0.00553. The van der Waals surface area contributed by atoms with E-state index in [4.69, 9.17) is 5.73 Å². The number of hydrogen-bond donors (Lipinski definition) is 3. The quantitative estimate of drug-likeness (QED) is 0.273. The zero-order valence-electron chi connectivity index (χ0n) is 19.0. The van der Waals surface area contributed by atoms with Gasteiger partial charge in [-0.15, -0.1) is 22.0 Å². The molecule has 1 fully saturated rings. The number of carbonyl (C=O) groups is 3. The van der Waals surface area contributed by atoms with Crippen molar-refractivity contribution in [1.82, 2.24) is 24.8 Å². The largest absolute Gasteiger partial charge is 0.477 e. The summed E-state index contributed by atoms with van der Waals surface area (Å²) in [4.78, 5) is 39.1. The van der Waals surface area contributed by atoms with Crippen LogP contribution in [0.5, 0.6) is 0 Å². The predicted molar refractivity (Wildman–Crippen MR) is 133 cm³/mol. The van der Waals surface area contributed by atoms with Gasteiger partial charge in [0.2, 0.25) is 5.91 Å². The molecule has 5 rings (SSSR count). The number of nitrogens with two attached hydrogens (primary N) is 1. The predicted octanol–water partition coefficient (Wildman–Crippen LogP) is 1.78. The first-order valence-electron chi connectivity index (χ1n) is 11.5. The Balaban J connectivity index is 1.27. The van der Waals surface area contributed by atoms with Crippen LogP contribution in [0.3, 0.4) is 0 Å². The second-order valence-corrected chi connectivity index (χ2v) is 10.8. The van der Waals surface area contributed by atoms with Gasteiger partial charge in [-0.25, -0.2) is 4.79 Å². The lowest BCUT2D eigenvalue weighted by atomic mass is 9.89. The van der Waals surface area contributed by atoms with Crippen LogP contribution >= 0.6 is 23.5 Å². The van der Waals surface area contributed by atoms with E-state index in [9.17, 15) is 19.5 Å². The third-order valence-electron chi connectivity index (χ3n) is 6.55. The minimum Gasteiger partial charge on any atom is -0.477 e. The molecule has 2 aliphatic heterocycles. The molecule has 4 heterocycles. The first-order valence-corrected chi connectivity index (χ1v) is 13.5. The van der Waals surface area contributed by atoms with Crippen molar-refractivity contribution in [1.29, 1.82) is 0 Å². The molecule has 12 heteroatoms. The van der Waals surface area contributed by atoms with E-state index in [0.29, 0.717) is 34.4 Å². The highest BCUT2D eigenvalue weighted by atomic mass is 32.2. The molecule has 2 aromatic heterocycles. The Labute approximate surface area is 210 Å². The number of carbonyl (C=O) groups excluding carboxylic acids is 2. The molecule has 1 saturated heterocycles. The number of amides is 2. The minimum atomic E-state index is -1.14. The maximum absolute atomic E-state index is 12.9. The van der Waals surface area contributed by atoms with Crippen LogP contribution in [0.2, 0.25) is 0 Å². The molecule has 0 saturated carbocycles. The molecule has 1 aliphatic carbocycles. The molecule has 10 nitrogen and oxygen atoms in total. The summed E-state index contributed by atoms with van der Waals surface area (Å²) in [6.07, 6.45) is 6.00. The normalized spacial score (nSPS) is 22.3. The lowest BCUT2D eigenvalue weighted by Gasteiger charge is -2.49. The monoisotopic (exact) mass is 514 g/mol. The lowest BCUT2D eigenvalue weighted by Crippen LogP contribution is -2.70. The van der Waals surface area contributed by atoms with E-state index in [0.717, 1.165) is 36.8 Å². The van der Waals surface area contributed by atoms with Crippen molar-refractivity contribution < 1.29 is 19.5 Å². The van der Waals surface area contributed by atoms with E-state index in [2.05, 4.69) is 15.5 Å². The number of carboxylic acid groups (broad SMARTS) is 1. The highest BCUT2D eigenvalue weighted by Gasteiger charge is 2.54. The number of β-lactam (4-membered cyclic amide) rings is 1. The number of carboxylic acids is 1. The number of thioether (sulfide) groups is 2. The molecule has 0 radical (unpaired) electrons. The van der Waals surface area contributed by atoms with Crippen LogP contribution in [-0.4, -0.2) is 71.9 Å². The number of fused-ring (bicyclic) bond motifs is 2. The maximum atomic E-state index is 12.9. The molecule has 35 heavy (non-hydrogen) atoms. The van der Waals surface area contributed by atoms with E-state index in [1.54, 1.807) is 0 Å². The molecule has 184 valence electrons. The number of nitrogens with zero attached hydrogens (tertiary/aromatic N) is 4. The number of aliphatic carboxylic acids is 1. The van der Waals surface area contributed by atoms with Gasteiger partial charge in [0.1, 0.15) is 17.1 Å². The van der Waals surface area contributed by atoms with Crippen molar-refractivity contribution >= 4 is 47.0 Å². The number of nitrogens with one attached hydrogen (secondary N) is 1. The molecule has 0 spiro atoms. The smallest absolute Gasteiger partial charge is 0.352 e. The van der Waals surface area contributed by atoms with Gasteiger partial charge < -0.3 is 16.2 Å². The summed E-state index contributed by atoms with van der Waals surface area (Å²) < 4.78 is 1.84. The maximum Gasteiger partial charge on any atom is 0.352 e. The third kappa shape index (κ3) is 4.57. The van der Waals surface area contributed by atoms with Crippen LogP contribution < -0.4 is 11.1 Å². The fraction of sp³-hybridized carbons (Fsp3) is 0.435. The zero-order valence-corrected chi connectivity index (χ0v) is 20.6. The second kappa shape index (κ2) is 10.0. The fourth-order valence-electron chi connectivity index (χ4n) is 4.77. The number of rotatable bonds is 8. The van der Waals surface area contributed by atoms with Crippen LogP contribution in [0.4, 0.5) is 0 Å². The molecule has 0 aromatic carbocycles. The van der Waals surface area contributed by atoms with Crippen molar-refractivity contribution in [2.75, 3.05) is 18.1 Å². The molecule has 2 amide bonds. The summed E-state index contributed by atoms with van der Waals surface area (Å²) in [5, 5.41) is 21.3. The summed E-state index contributed by atoms with van der Waals surface area (Å²) in [6.45, 7) is 0.454. The van der Waals surface area contributed by atoms with Crippen LogP contribution in [0, 0.1) is 0 Å². The Morgan fingerprint density at radius 2 is 2.00 bits per heavy atom. The third-order valence-corrected chi connectivity index (χ3v) is 8.92. The molecular formula is C23H26N6O4S2. The second-order valence-electron chi connectivity index (χ2n) is 8.71. The van der Waals surface area contributed by atoms with Gasteiger partial charge in [0.25, 0.3) is 5.91 Å². The Kier molecular flexibility index (Phi) is 6.85. The van der Waals surface area contributed by atoms with Gasteiger partial charge >= 0.3 is 5.97 Å². The number of hydrogen-bond acceptors (Lipinski definition) is 8. The van der Waals surface area contributed by atoms with Gasteiger partial charge in [-0.05, 0) is 43.4 Å². The molecule has 2 atom stereocenters. The lowest BCUT2D eigenvalue weighted by molar-refractivity contribution is -0.150. The first-order chi connectivity index (χ1) is 17.0. The van der Waals surface area contributed by atoms with Crippen molar-refractivity contribution in [3.8, 4) is 0 Å². The average molecular weight is 515 g/mol. The average Bonchev–Trinajstić information content (AvgIpc) is 3.28. The van der Waals surface area contributed by atoms with Crippen molar-refractivity contribution in [3.63, 3.8) is 0 Å². The fourth-order valence-corrected chi connectivity index (χ4v) is 7.18. The van der Waals surface area contributed by atoms with Crippen LogP contribution in [0.25, 0.3) is 5.65 Å². The van der Waals surface area contributed by atoms with Crippen LogP contribution in [0.1, 0.15) is 32.1 Å². The molecule has 0 bridgehead atoms. The first kappa shape index (κ1) is 23.9. The summed E-state index contributed by atoms with van der Waals surface area (Å²) in [6, 6.07) is 4.87. The van der Waals surface area contributed by atoms with E-state index in [1.165, 1.54) is 28.4 Å². The topological polar surface area (TPSA) is 143 Å². The van der Waals surface area contributed by atoms with Crippen molar-refractivity contribution in [3.05, 3.63) is 46.8 Å². The molecule has 2 aromatic rings. The van der Waals surface area contributed by atoms with Gasteiger partial charge in [-0.2, -0.15) is 0 Å². The van der Waals surface area contributed by atoms with E-state index < -0.39 is 17.4 Å². The van der Waals surface area contributed by atoms with E-state index in [-0.39, 0.29) is 23.9 Å². The number of pyridine rings is 1. The van der Waals surface area contributed by atoms with Gasteiger partial charge in [0, 0.05) is 30.7 Å².